The van der Waals surface area contributed by atoms with Crippen LogP contribution in [0.1, 0.15) is 51.4 Å². The minimum atomic E-state index is -0.741. The van der Waals surface area contributed by atoms with Crippen molar-refractivity contribution in [3.05, 3.63) is 0 Å². The van der Waals surface area contributed by atoms with E-state index in [0.29, 0.717) is 38.0 Å². The summed E-state index contributed by atoms with van der Waals surface area (Å²) in [4.78, 5) is 40.7. The molecule has 1 saturated carbocycles. The average molecular weight is 371 g/mol. The summed E-state index contributed by atoms with van der Waals surface area (Å²) in [5.74, 6) is -0.310. The van der Waals surface area contributed by atoms with Crippen LogP contribution in [0.3, 0.4) is 0 Å². The van der Waals surface area contributed by atoms with Gasteiger partial charge in [0.05, 0.1) is 0 Å². The summed E-state index contributed by atoms with van der Waals surface area (Å²) in [6.45, 7) is 1.27. The lowest BCUT2D eigenvalue weighted by atomic mass is 9.82. The van der Waals surface area contributed by atoms with E-state index in [2.05, 4.69) is 10.6 Å². The summed E-state index contributed by atoms with van der Waals surface area (Å²) in [5, 5.41) is 6.41. The number of hydrogen-bond donors (Lipinski definition) is 2. The molecule has 4 aliphatic rings. The first-order valence-electron chi connectivity index (χ1n) is 9.25. The molecule has 3 aliphatic heterocycles. The zero-order valence-corrected chi connectivity index (χ0v) is 15.3. The smallest absolute Gasteiger partial charge is 0.325 e. The van der Waals surface area contributed by atoms with Gasteiger partial charge in [-0.05, 0) is 32.1 Å². The van der Waals surface area contributed by atoms with E-state index in [9.17, 15) is 14.4 Å². The molecule has 2 bridgehead atoms. The van der Waals surface area contributed by atoms with Crippen molar-refractivity contribution in [2.24, 2.45) is 0 Å². The third-order valence-electron chi connectivity index (χ3n) is 6.12. The highest BCUT2D eigenvalue weighted by Crippen LogP contribution is 2.33. The summed E-state index contributed by atoms with van der Waals surface area (Å²) in [6, 6.07) is 0.467. The van der Waals surface area contributed by atoms with Crippen LogP contribution in [0.15, 0.2) is 0 Å². The summed E-state index contributed by atoms with van der Waals surface area (Å²) >= 11 is 0. The van der Waals surface area contributed by atoms with Crippen molar-refractivity contribution in [1.82, 2.24) is 20.4 Å². The first-order chi connectivity index (χ1) is 11.6. The topological polar surface area (TPSA) is 81.8 Å². The highest BCUT2D eigenvalue weighted by Gasteiger charge is 2.51. The largest absolute Gasteiger partial charge is 0.340 e. The van der Waals surface area contributed by atoms with Crippen molar-refractivity contribution in [3.8, 4) is 0 Å². The van der Waals surface area contributed by atoms with Gasteiger partial charge in [0.25, 0.3) is 5.91 Å². The SMILES string of the molecule is Cl.O=C(CN1C(=O)NC2(CCCCC2)C1=O)N1CCC2CCC(C1)N2. The van der Waals surface area contributed by atoms with E-state index in [1.54, 1.807) is 0 Å². The van der Waals surface area contributed by atoms with Crippen LogP contribution < -0.4 is 10.6 Å². The van der Waals surface area contributed by atoms with Gasteiger partial charge < -0.3 is 15.5 Å². The molecule has 25 heavy (non-hydrogen) atoms. The predicted octanol–water partition coefficient (Wildman–Crippen LogP) is 1.02. The van der Waals surface area contributed by atoms with E-state index in [0.717, 1.165) is 37.0 Å². The standard InChI is InChI=1S/C17H26N4O3.ClH/c22-14(20-9-6-12-4-5-13(10-20)18-12)11-21-15(23)17(19-16(21)24)7-2-1-3-8-17;/h12-13,18H,1-11H2,(H,19,24);1H. The first kappa shape index (κ1) is 18.5. The number of imide groups is 1. The molecule has 3 saturated heterocycles. The Kier molecular flexibility index (Phi) is 5.25. The van der Waals surface area contributed by atoms with Gasteiger partial charge in [-0.2, -0.15) is 0 Å². The Bertz CT molecular complexity index is 564. The third kappa shape index (κ3) is 3.36. The normalized spacial score (nSPS) is 30.9. The van der Waals surface area contributed by atoms with Crippen LogP contribution >= 0.6 is 12.4 Å². The molecular weight excluding hydrogens is 344 g/mol. The molecule has 0 aromatic rings. The molecule has 2 unspecified atom stereocenters. The third-order valence-corrected chi connectivity index (χ3v) is 6.12. The van der Waals surface area contributed by atoms with Gasteiger partial charge >= 0.3 is 6.03 Å². The maximum atomic E-state index is 12.8. The first-order valence-corrected chi connectivity index (χ1v) is 9.25. The summed E-state index contributed by atoms with van der Waals surface area (Å²) in [6.07, 6.45) is 7.63. The van der Waals surface area contributed by atoms with Gasteiger partial charge in [-0.1, -0.05) is 19.3 Å². The van der Waals surface area contributed by atoms with E-state index >= 15 is 0 Å². The van der Waals surface area contributed by atoms with E-state index in [4.69, 9.17) is 0 Å². The van der Waals surface area contributed by atoms with Crippen molar-refractivity contribution >= 4 is 30.3 Å². The number of likely N-dealkylation sites (tertiary alicyclic amines) is 1. The van der Waals surface area contributed by atoms with Crippen LogP contribution in [0.4, 0.5) is 4.79 Å². The molecule has 4 rings (SSSR count). The predicted molar refractivity (Wildman–Crippen MR) is 94.5 cm³/mol. The van der Waals surface area contributed by atoms with Crippen LogP contribution in [0.25, 0.3) is 0 Å². The van der Waals surface area contributed by atoms with Crippen molar-refractivity contribution < 1.29 is 14.4 Å². The number of rotatable bonds is 2. The number of halogens is 1. The lowest BCUT2D eigenvalue weighted by Crippen LogP contribution is -2.49. The van der Waals surface area contributed by atoms with Crippen molar-refractivity contribution in [2.45, 2.75) is 69.0 Å². The molecule has 1 aliphatic carbocycles. The fraction of sp³-hybridized carbons (Fsp3) is 0.824. The number of carbonyl (C=O) groups is 3. The number of hydrogen-bond acceptors (Lipinski definition) is 4. The molecule has 0 aromatic carbocycles. The lowest BCUT2D eigenvalue weighted by Gasteiger charge is -2.30. The van der Waals surface area contributed by atoms with Gasteiger partial charge in [-0.25, -0.2) is 4.79 Å². The zero-order chi connectivity index (χ0) is 16.7. The second-order valence-electron chi connectivity index (χ2n) is 7.73. The fourth-order valence-corrected chi connectivity index (χ4v) is 4.72. The van der Waals surface area contributed by atoms with Crippen LogP contribution in [0, 0.1) is 0 Å². The molecule has 140 valence electrons. The van der Waals surface area contributed by atoms with Gasteiger partial charge in [0.1, 0.15) is 12.1 Å². The van der Waals surface area contributed by atoms with Crippen LogP contribution in [-0.2, 0) is 9.59 Å². The molecule has 7 nitrogen and oxygen atoms in total. The minimum Gasteiger partial charge on any atom is -0.340 e. The van der Waals surface area contributed by atoms with Gasteiger partial charge in [0.15, 0.2) is 0 Å². The van der Waals surface area contributed by atoms with Crippen LogP contribution in [-0.4, -0.2) is 64.9 Å². The Labute approximate surface area is 154 Å². The van der Waals surface area contributed by atoms with E-state index in [-0.39, 0.29) is 30.8 Å². The van der Waals surface area contributed by atoms with E-state index in [1.807, 2.05) is 4.90 Å². The second kappa shape index (κ2) is 7.11. The van der Waals surface area contributed by atoms with Crippen molar-refractivity contribution in [3.63, 3.8) is 0 Å². The number of fused-ring (bicyclic) bond motifs is 2. The highest BCUT2D eigenvalue weighted by atomic mass is 35.5. The quantitative estimate of drug-likeness (QED) is 0.711. The molecule has 4 fully saturated rings. The Morgan fingerprint density at radius 1 is 1.08 bits per heavy atom. The molecule has 1 spiro atoms. The Hall–Kier alpha value is -1.34. The lowest BCUT2D eigenvalue weighted by molar-refractivity contribution is -0.139. The monoisotopic (exact) mass is 370 g/mol. The number of nitrogens with zero attached hydrogens (tertiary/aromatic N) is 2. The number of urea groups is 1. The second-order valence-corrected chi connectivity index (χ2v) is 7.73. The van der Waals surface area contributed by atoms with Gasteiger partial charge in [-0.3, -0.25) is 14.5 Å². The Balaban J connectivity index is 0.00000182. The van der Waals surface area contributed by atoms with E-state index < -0.39 is 11.6 Å². The Morgan fingerprint density at radius 2 is 1.80 bits per heavy atom. The molecule has 2 N–H and O–H groups in total. The number of amides is 4. The number of nitrogens with one attached hydrogen (secondary N) is 2. The minimum absolute atomic E-state index is 0. The van der Waals surface area contributed by atoms with Gasteiger partial charge in [0, 0.05) is 25.2 Å². The summed E-state index contributed by atoms with van der Waals surface area (Å²) < 4.78 is 0. The van der Waals surface area contributed by atoms with Crippen molar-refractivity contribution in [1.29, 1.82) is 0 Å². The maximum absolute atomic E-state index is 12.8. The molecule has 2 atom stereocenters. The molecular formula is C17H27ClN4O3. The zero-order valence-electron chi connectivity index (χ0n) is 14.5. The Morgan fingerprint density at radius 3 is 2.56 bits per heavy atom. The molecule has 4 amide bonds. The average Bonchev–Trinajstić information content (AvgIpc) is 3.00. The summed E-state index contributed by atoms with van der Waals surface area (Å²) in [7, 11) is 0. The van der Waals surface area contributed by atoms with Gasteiger partial charge in [0.2, 0.25) is 5.91 Å². The highest BCUT2D eigenvalue weighted by molar-refractivity contribution is 6.09. The van der Waals surface area contributed by atoms with Crippen LogP contribution in [0.5, 0.6) is 0 Å². The fourth-order valence-electron chi connectivity index (χ4n) is 4.72. The van der Waals surface area contributed by atoms with Crippen molar-refractivity contribution in [2.75, 3.05) is 19.6 Å². The maximum Gasteiger partial charge on any atom is 0.325 e. The molecule has 0 aromatic heterocycles. The molecule has 0 radical (unpaired) electrons. The number of carbonyl (C=O) groups excluding carboxylic acids is 3. The van der Waals surface area contributed by atoms with Crippen LogP contribution in [0.2, 0.25) is 0 Å². The van der Waals surface area contributed by atoms with E-state index in [1.165, 1.54) is 6.42 Å². The molecule has 8 heteroatoms. The summed E-state index contributed by atoms with van der Waals surface area (Å²) in [5.41, 5.74) is -0.741. The molecule has 3 heterocycles. The van der Waals surface area contributed by atoms with Gasteiger partial charge in [-0.15, -0.1) is 12.4 Å².